The van der Waals surface area contributed by atoms with E-state index in [1.54, 1.807) is 18.2 Å². The summed E-state index contributed by atoms with van der Waals surface area (Å²) in [4.78, 5) is 44.2. The van der Waals surface area contributed by atoms with Crippen LogP contribution in [0.2, 0.25) is 0 Å². The van der Waals surface area contributed by atoms with Gasteiger partial charge >= 0.3 is 11.9 Å². The first kappa shape index (κ1) is 17.5. The van der Waals surface area contributed by atoms with Gasteiger partial charge in [-0.25, -0.2) is 9.78 Å². The molecule has 9 heteroatoms. The molecular weight excluding hydrogens is 392 g/mol. The van der Waals surface area contributed by atoms with Gasteiger partial charge in [-0.2, -0.15) is 0 Å². The van der Waals surface area contributed by atoms with Crippen molar-refractivity contribution in [3.8, 4) is 0 Å². The first-order chi connectivity index (χ1) is 14.2. The summed E-state index contributed by atoms with van der Waals surface area (Å²) < 4.78 is 5.83. The van der Waals surface area contributed by atoms with Crippen molar-refractivity contribution < 1.29 is 24.9 Å². The van der Waals surface area contributed by atoms with Crippen molar-refractivity contribution in [1.82, 2.24) is 9.55 Å². The number of ether oxygens (including phenoxy) is 1. The molecule has 0 fully saturated rings. The second-order valence-corrected chi connectivity index (χ2v) is 7.78. The summed E-state index contributed by atoms with van der Waals surface area (Å²) in [7, 11) is 0. The normalized spacial score (nSPS) is 21.7. The van der Waals surface area contributed by atoms with Crippen LogP contribution < -0.4 is 11.0 Å². The number of esters is 1. The summed E-state index contributed by atoms with van der Waals surface area (Å²) in [5.41, 5.74) is -3.35. The van der Waals surface area contributed by atoms with E-state index < -0.39 is 39.7 Å². The highest BCUT2D eigenvalue weighted by atomic mass is 16.8. The molecule has 2 aliphatic rings. The molecule has 6 rings (SSSR count). The highest BCUT2D eigenvalue weighted by Gasteiger charge is 2.56. The summed E-state index contributed by atoms with van der Waals surface area (Å²) in [5.74, 6) is -4.63. The van der Waals surface area contributed by atoms with Crippen molar-refractivity contribution in [2.24, 2.45) is 0 Å². The van der Waals surface area contributed by atoms with Crippen LogP contribution >= 0.6 is 0 Å². The minimum Gasteiger partial charge on any atom is -0.401 e. The molecule has 5 heterocycles. The van der Waals surface area contributed by atoms with Gasteiger partial charge in [0.25, 0.3) is 5.56 Å². The number of carbonyl (C=O) groups excluding carboxylic acids is 1. The Hall–Kier alpha value is -3.40. The first-order valence-corrected chi connectivity index (χ1v) is 9.39. The Morgan fingerprint density at radius 1 is 1.13 bits per heavy atom. The van der Waals surface area contributed by atoms with Gasteiger partial charge in [0.15, 0.2) is 11.0 Å². The zero-order valence-electron chi connectivity index (χ0n) is 15.6. The molecule has 0 radical (unpaired) electrons. The molecule has 2 bridgehead atoms. The number of hydrogen-bond donors (Lipinski definition) is 3. The molecule has 0 spiro atoms. The largest absolute Gasteiger partial charge is 0.401 e. The molecule has 9 nitrogen and oxygen atoms in total. The van der Waals surface area contributed by atoms with Crippen LogP contribution in [0.3, 0.4) is 0 Å². The smallest absolute Gasteiger partial charge is 0.359 e. The summed E-state index contributed by atoms with van der Waals surface area (Å²) in [6.07, 6.45) is -0.250. The van der Waals surface area contributed by atoms with E-state index in [2.05, 4.69) is 9.72 Å². The maximum atomic E-state index is 13.7. The average Bonchev–Trinajstić information content (AvgIpc) is 3.02. The van der Waals surface area contributed by atoms with Crippen molar-refractivity contribution >= 4 is 38.7 Å². The van der Waals surface area contributed by atoms with Gasteiger partial charge in [0.05, 0.1) is 28.5 Å². The number of carbonyl (C=O) groups is 1. The molecule has 4 aromatic rings. The number of hydrogen-bond acceptors (Lipinski definition) is 8. The molecule has 1 aromatic carbocycles. The molecular formula is C21H14N2O7. The average molecular weight is 406 g/mol. The SMILES string of the molecule is CCC1(O)C(=O)OC(O)(O)c2c1c1c(=O)c3cccc4cc5c(nc43)c1n(c2=O)C5. The zero-order chi connectivity index (χ0) is 21.2. The van der Waals surface area contributed by atoms with Crippen molar-refractivity contribution in [3.63, 3.8) is 0 Å². The lowest BCUT2D eigenvalue weighted by Crippen LogP contribution is -2.53. The molecule has 1 unspecified atom stereocenters. The van der Waals surface area contributed by atoms with Crippen LogP contribution in [0.4, 0.5) is 0 Å². The van der Waals surface area contributed by atoms with Gasteiger partial charge in [0, 0.05) is 21.9 Å². The number of aromatic nitrogens is 2. The van der Waals surface area contributed by atoms with E-state index in [0.29, 0.717) is 16.6 Å². The minimum atomic E-state index is -3.28. The van der Waals surface area contributed by atoms with Crippen LogP contribution in [0.1, 0.15) is 30.0 Å². The summed E-state index contributed by atoms with van der Waals surface area (Å²) in [5, 5.41) is 32.8. The third-order valence-electron chi connectivity index (χ3n) is 6.24. The van der Waals surface area contributed by atoms with Gasteiger partial charge in [-0.3, -0.25) is 9.59 Å². The quantitative estimate of drug-likeness (QED) is 0.263. The number of cyclic esters (lactones) is 1. The first-order valence-electron chi connectivity index (χ1n) is 9.39. The third-order valence-corrected chi connectivity index (χ3v) is 6.24. The van der Waals surface area contributed by atoms with Gasteiger partial charge in [0.1, 0.15) is 5.56 Å². The standard InChI is InChI=1S/C21H14N2O7/c1-2-20(27)12-11-16-15-9(6-8-4-3-5-10(17(11)24)14(8)22-15)7-23(16)18(25)13(12)21(28,29)30-19(20)26/h3-6,27-29H,2,7H2,1H3. The highest BCUT2D eigenvalue weighted by Crippen LogP contribution is 2.44. The van der Waals surface area contributed by atoms with Crippen molar-refractivity contribution in [1.29, 1.82) is 0 Å². The van der Waals surface area contributed by atoms with Crippen LogP contribution in [-0.2, 0) is 27.7 Å². The molecule has 3 aromatic heterocycles. The number of fused-ring (bicyclic) bond motifs is 2. The summed E-state index contributed by atoms with van der Waals surface area (Å²) in [6, 6.07) is 6.89. The fourth-order valence-electron chi connectivity index (χ4n) is 4.80. The maximum absolute atomic E-state index is 13.7. The van der Waals surface area contributed by atoms with E-state index in [1.165, 1.54) is 11.5 Å². The van der Waals surface area contributed by atoms with E-state index in [-0.39, 0.29) is 29.3 Å². The van der Waals surface area contributed by atoms with E-state index in [4.69, 9.17) is 0 Å². The van der Waals surface area contributed by atoms with Crippen LogP contribution in [0.5, 0.6) is 0 Å². The molecule has 3 N–H and O–H groups in total. The van der Waals surface area contributed by atoms with Crippen LogP contribution in [-0.4, -0.2) is 30.8 Å². The predicted molar refractivity (Wildman–Crippen MR) is 104 cm³/mol. The van der Waals surface area contributed by atoms with Crippen LogP contribution in [0.25, 0.3) is 32.7 Å². The number of para-hydroxylation sites is 1. The van der Waals surface area contributed by atoms with E-state index in [0.717, 1.165) is 5.39 Å². The van der Waals surface area contributed by atoms with Crippen molar-refractivity contribution in [2.75, 3.05) is 0 Å². The van der Waals surface area contributed by atoms with Gasteiger partial charge in [-0.15, -0.1) is 0 Å². The fourth-order valence-corrected chi connectivity index (χ4v) is 4.80. The second kappa shape index (κ2) is 5.01. The lowest BCUT2D eigenvalue weighted by Gasteiger charge is -2.37. The van der Waals surface area contributed by atoms with Crippen molar-refractivity contribution in [3.05, 3.63) is 61.5 Å². The van der Waals surface area contributed by atoms with Gasteiger partial charge < -0.3 is 24.6 Å². The Balaban J connectivity index is 2.04. The summed E-state index contributed by atoms with van der Waals surface area (Å²) >= 11 is 0. The Labute approximate surface area is 166 Å². The lowest BCUT2D eigenvalue weighted by molar-refractivity contribution is -0.345. The zero-order valence-corrected chi connectivity index (χ0v) is 15.6. The molecule has 0 saturated carbocycles. The van der Waals surface area contributed by atoms with Crippen molar-refractivity contribution in [2.45, 2.75) is 31.5 Å². The van der Waals surface area contributed by atoms with Gasteiger partial charge in [-0.1, -0.05) is 19.1 Å². The van der Waals surface area contributed by atoms with E-state index in [9.17, 15) is 29.7 Å². The molecule has 30 heavy (non-hydrogen) atoms. The molecule has 0 amide bonds. The molecule has 1 atom stereocenters. The topological polar surface area (TPSA) is 139 Å². The van der Waals surface area contributed by atoms with E-state index >= 15 is 0 Å². The third kappa shape index (κ3) is 1.75. The molecule has 0 aliphatic carbocycles. The van der Waals surface area contributed by atoms with Crippen LogP contribution in [0, 0.1) is 0 Å². The number of aliphatic hydroxyl groups is 3. The second-order valence-electron chi connectivity index (χ2n) is 7.78. The van der Waals surface area contributed by atoms with Gasteiger partial charge in [-0.05, 0) is 18.6 Å². The number of pyridine rings is 2. The molecule has 150 valence electrons. The molecule has 2 aliphatic heterocycles. The van der Waals surface area contributed by atoms with Crippen LogP contribution in [0.15, 0.2) is 33.9 Å². The Morgan fingerprint density at radius 2 is 1.90 bits per heavy atom. The Morgan fingerprint density at radius 3 is 2.63 bits per heavy atom. The molecule has 0 saturated heterocycles. The number of nitrogens with zero attached hydrogens (tertiary/aromatic N) is 2. The number of rotatable bonds is 1. The Bertz CT molecular complexity index is 1590. The Kier molecular flexibility index (Phi) is 2.92. The number of benzene rings is 1. The monoisotopic (exact) mass is 406 g/mol. The highest BCUT2D eigenvalue weighted by molar-refractivity contribution is 6.09. The van der Waals surface area contributed by atoms with Gasteiger partial charge in [0.2, 0.25) is 0 Å². The fraction of sp³-hybridized carbons (Fsp3) is 0.238. The lowest BCUT2D eigenvalue weighted by atomic mass is 9.82. The minimum absolute atomic E-state index is 0.0544. The maximum Gasteiger partial charge on any atom is 0.359 e. The van der Waals surface area contributed by atoms with E-state index in [1.807, 2.05) is 6.07 Å². The predicted octanol–water partition coefficient (Wildman–Crippen LogP) is 0.112. The summed E-state index contributed by atoms with van der Waals surface area (Å²) in [6.45, 7) is 1.52.